The first-order valence-corrected chi connectivity index (χ1v) is 27.1. The van der Waals surface area contributed by atoms with Gasteiger partial charge in [0.25, 0.3) is 0 Å². The average Bonchev–Trinajstić information content (AvgIpc) is 4.01. The SMILES string of the molecule is Cc1cc(-c2nn(C)c3ccc(C(=O)C[C@@H]4CCC[C@@](N)(Cc5ccccc5F)C4)cc23)ccn1.Cc1cc(-c2nn(C)c3ccc(C(=O)C[C@@H]4CCC[C@](Cc5ccccc5F)(NCc5ccccc5)C4)cc23)ccn1. The normalized spacial score (nSPS) is 19.5. The molecule has 4 aromatic heterocycles. The molecular weight excluding hydrogens is 963 g/mol. The van der Waals surface area contributed by atoms with Crippen LogP contribution in [0.3, 0.4) is 0 Å². The standard InChI is InChI=1S/C36H37FN4O.C29H31FN4O/c1-25-19-29(16-18-38-25)35-31-21-28(14-15-33(31)41(2)40-35)34(42)20-27-11-8-17-36(22-27,23-30-12-6-7-13-32(30)37)39-24-26-9-4-3-5-10-26;1-19-14-22(11-13-32-19)28-24-16-21(9-10-26(24)34(2)33-28)27(35)15-20-6-5-12-29(31,17-20)18-23-7-3-4-8-25(23)30/h3-7,9-10,12-16,18-19,21,27,39H,8,11,17,20,22-24H2,1-2H3;3-4,7-11,13-14,16,20H,5-6,12,15,17-18,31H2,1-2H3/t27-,36-;20-,29-/m00/s1. The van der Waals surface area contributed by atoms with Gasteiger partial charge < -0.3 is 11.1 Å². The Labute approximate surface area is 450 Å². The molecule has 0 amide bonds. The van der Waals surface area contributed by atoms with Crippen molar-refractivity contribution in [3.05, 3.63) is 203 Å². The maximum absolute atomic E-state index is 14.8. The van der Waals surface area contributed by atoms with Crippen molar-refractivity contribution in [3.8, 4) is 22.5 Å². The molecule has 11 rings (SSSR count). The number of nitrogens with two attached hydrogens (primary N) is 1. The number of nitrogens with zero attached hydrogens (tertiary/aromatic N) is 6. The molecule has 3 N–H and O–H groups in total. The fourth-order valence-electron chi connectivity index (χ4n) is 12.3. The van der Waals surface area contributed by atoms with Crippen molar-refractivity contribution in [2.45, 2.75) is 109 Å². The van der Waals surface area contributed by atoms with Gasteiger partial charge in [0.2, 0.25) is 0 Å². The van der Waals surface area contributed by atoms with E-state index in [2.05, 4.69) is 27.4 Å². The molecule has 0 aliphatic heterocycles. The molecule has 2 fully saturated rings. The van der Waals surface area contributed by atoms with Gasteiger partial charge in [-0.2, -0.15) is 10.2 Å². The molecule has 0 spiro atoms. The second-order valence-electron chi connectivity index (χ2n) is 22.0. The monoisotopic (exact) mass is 1030 g/mol. The Kier molecular flexibility index (Phi) is 15.8. The molecule has 12 heteroatoms. The zero-order valence-corrected chi connectivity index (χ0v) is 44.6. The van der Waals surface area contributed by atoms with Gasteiger partial charge in [0.05, 0.1) is 11.0 Å². The Hall–Kier alpha value is -7.54. The highest BCUT2D eigenvalue weighted by Crippen LogP contribution is 2.40. The number of nitrogens with one attached hydrogen (secondary N) is 1. The number of Topliss-reactive ketones (excluding diaryl/α,β-unsaturated/α-hetero) is 2. The van der Waals surface area contributed by atoms with Crippen LogP contribution < -0.4 is 11.1 Å². The van der Waals surface area contributed by atoms with Crippen molar-refractivity contribution in [1.29, 1.82) is 0 Å². The Morgan fingerprint density at radius 2 is 1.10 bits per heavy atom. The number of carbonyl (C=O) groups excluding carboxylic acids is 2. The van der Waals surface area contributed by atoms with Gasteiger partial charge in [-0.25, -0.2) is 8.78 Å². The number of aromatic nitrogens is 6. The number of halogens is 2. The molecule has 0 unspecified atom stereocenters. The second kappa shape index (κ2) is 23.0. The van der Waals surface area contributed by atoms with Crippen molar-refractivity contribution in [2.24, 2.45) is 31.7 Å². The van der Waals surface area contributed by atoms with Crippen LogP contribution in [0.2, 0.25) is 0 Å². The summed E-state index contributed by atoms with van der Waals surface area (Å²) in [6, 6.07) is 44.0. The minimum Gasteiger partial charge on any atom is -0.325 e. The lowest BCUT2D eigenvalue weighted by atomic mass is 9.71. The number of pyridine rings is 2. The van der Waals surface area contributed by atoms with Crippen LogP contribution in [0, 0.1) is 37.3 Å². The molecule has 2 saturated carbocycles. The van der Waals surface area contributed by atoms with Crippen LogP contribution in [0.15, 0.2) is 152 Å². The first kappa shape index (κ1) is 52.9. The van der Waals surface area contributed by atoms with Crippen molar-refractivity contribution in [1.82, 2.24) is 34.8 Å². The van der Waals surface area contributed by atoms with E-state index >= 15 is 0 Å². The third kappa shape index (κ3) is 12.4. The van der Waals surface area contributed by atoms with E-state index in [1.165, 1.54) is 11.6 Å². The quantitative estimate of drug-likeness (QED) is 0.0970. The average molecular weight is 1030 g/mol. The van der Waals surface area contributed by atoms with Crippen molar-refractivity contribution in [2.75, 3.05) is 0 Å². The molecule has 10 nitrogen and oxygen atoms in total. The van der Waals surface area contributed by atoms with E-state index in [0.717, 1.165) is 113 Å². The van der Waals surface area contributed by atoms with E-state index in [0.29, 0.717) is 48.9 Å². The van der Waals surface area contributed by atoms with E-state index in [9.17, 15) is 18.4 Å². The Morgan fingerprint density at radius 1 is 0.610 bits per heavy atom. The first-order chi connectivity index (χ1) is 37.2. The van der Waals surface area contributed by atoms with Gasteiger partial charge in [-0.15, -0.1) is 0 Å². The second-order valence-corrected chi connectivity index (χ2v) is 22.0. The van der Waals surface area contributed by atoms with Crippen LogP contribution in [0.5, 0.6) is 0 Å². The summed E-state index contributed by atoms with van der Waals surface area (Å²) in [5.74, 6) is 0.301. The molecular formula is C65H68F2N8O2. The number of hydrogen-bond acceptors (Lipinski definition) is 8. The predicted molar refractivity (Wildman–Crippen MR) is 302 cm³/mol. The molecule has 394 valence electrons. The summed E-state index contributed by atoms with van der Waals surface area (Å²) < 4.78 is 32.8. The van der Waals surface area contributed by atoms with Gasteiger partial charge in [0.15, 0.2) is 11.6 Å². The van der Waals surface area contributed by atoms with E-state index < -0.39 is 5.54 Å². The minimum absolute atomic E-state index is 0.118. The Morgan fingerprint density at radius 3 is 1.64 bits per heavy atom. The third-order valence-corrected chi connectivity index (χ3v) is 16.1. The van der Waals surface area contributed by atoms with Gasteiger partial charge in [-0.05, 0) is 167 Å². The largest absolute Gasteiger partial charge is 0.325 e. The predicted octanol–water partition coefficient (Wildman–Crippen LogP) is 13.4. The highest BCUT2D eigenvalue weighted by molar-refractivity contribution is 6.04. The van der Waals surface area contributed by atoms with Gasteiger partial charge in [0, 0.05) is 101 Å². The van der Waals surface area contributed by atoms with Crippen molar-refractivity contribution in [3.63, 3.8) is 0 Å². The molecule has 5 aromatic carbocycles. The van der Waals surface area contributed by atoms with E-state index in [-0.39, 0.29) is 40.6 Å². The molecule has 0 saturated heterocycles. The van der Waals surface area contributed by atoms with Gasteiger partial charge >= 0.3 is 0 Å². The lowest BCUT2D eigenvalue weighted by Crippen LogP contribution is -2.50. The zero-order chi connectivity index (χ0) is 53.7. The number of aryl methyl sites for hydroxylation is 4. The summed E-state index contributed by atoms with van der Waals surface area (Å²) in [5.41, 5.74) is 17.5. The highest BCUT2D eigenvalue weighted by atomic mass is 19.1. The van der Waals surface area contributed by atoms with Gasteiger partial charge in [0.1, 0.15) is 23.0 Å². The summed E-state index contributed by atoms with van der Waals surface area (Å²) >= 11 is 0. The summed E-state index contributed by atoms with van der Waals surface area (Å²) in [5, 5.41) is 15.2. The molecule has 0 bridgehead atoms. The zero-order valence-electron chi connectivity index (χ0n) is 44.6. The summed E-state index contributed by atoms with van der Waals surface area (Å²) in [6.45, 7) is 4.64. The topological polar surface area (TPSA) is 134 Å². The molecule has 77 heavy (non-hydrogen) atoms. The fraction of sp³-hybridized carbons (Fsp3) is 0.323. The molecule has 2 aliphatic rings. The Bertz CT molecular complexity index is 3570. The van der Waals surface area contributed by atoms with Crippen LogP contribution in [-0.4, -0.2) is 52.2 Å². The van der Waals surface area contributed by atoms with Gasteiger partial charge in [-0.1, -0.05) is 79.6 Å². The molecule has 2 aliphatic carbocycles. The molecule has 9 aromatic rings. The lowest BCUT2D eigenvalue weighted by Gasteiger charge is -2.42. The van der Waals surface area contributed by atoms with Crippen LogP contribution in [-0.2, 0) is 33.5 Å². The number of fused-ring (bicyclic) bond motifs is 2. The Balaban J connectivity index is 0.000000178. The number of benzene rings is 5. The molecule has 4 atom stereocenters. The maximum Gasteiger partial charge on any atom is 0.163 e. The smallest absolute Gasteiger partial charge is 0.163 e. The van der Waals surface area contributed by atoms with Crippen LogP contribution >= 0.6 is 0 Å². The van der Waals surface area contributed by atoms with Gasteiger partial charge in [-0.3, -0.25) is 28.9 Å². The summed E-state index contributed by atoms with van der Waals surface area (Å²) in [6.07, 6.45) is 12.9. The third-order valence-electron chi connectivity index (χ3n) is 16.1. The van der Waals surface area contributed by atoms with Crippen molar-refractivity contribution < 1.29 is 18.4 Å². The number of hydrogen-bond donors (Lipinski definition) is 2. The van der Waals surface area contributed by atoms with E-state index in [1.807, 2.05) is 140 Å². The van der Waals surface area contributed by atoms with E-state index in [1.54, 1.807) is 30.6 Å². The first-order valence-electron chi connectivity index (χ1n) is 27.1. The molecule has 4 heterocycles. The molecule has 0 radical (unpaired) electrons. The number of rotatable bonds is 15. The van der Waals surface area contributed by atoms with Crippen LogP contribution in [0.4, 0.5) is 8.78 Å². The fourth-order valence-corrected chi connectivity index (χ4v) is 12.3. The van der Waals surface area contributed by atoms with Crippen molar-refractivity contribution >= 4 is 33.4 Å². The summed E-state index contributed by atoms with van der Waals surface area (Å²) in [4.78, 5) is 35.7. The minimum atomic E-state index is -0.481. The van der Waals surface area contributed by atoms with Crippen LogP contribution in [0.25, 0.3) is 44.3 Å². The highest BCUT2D eigenvalue weighted by Gasteiger charge is 2.38. The number of carbonyl (C=O) groups is 2. The number of ketones is 2. The van der Waals surface area contributed by atoms with Crippen LogP contribution in [0.1, 0.15) is 113 Å². The summed E-state index contributed by atoms with van der Waals surface area (Å²) in [7, 11) is 3.85. The maximum atomic E-state index is 14.8. The van der Waals surface area contributed by atoms with E-state index in [4.69, 9.17) is 15.9 Å². The lowest BCUT2D eigenvalue weighted by molar-refractivity contribution is 0.0913.